The van der Waals surface area contributed by atoms with Crippen LogP contribution < -0.4 is 0 Å². The van der Waals surface area contributed by atoms with Crippen LogP contribution in [0.1, 0.15) is 12.0 Å². The maximum Gasteiger partial charge on any atom is 0.131 e. The van der Waals surface area contributed by atoms with Crippen LogP contribution in [-0.2, 0) is 0 Å². The molecule has 0 amide bonds. The molecule has 1 N–H and O–H groups in total. The normalized spacial score (nSPS) is 11.0. The molecule has 0 fully saturated rings. The van der Waals surface area contributed by atoms with Crippen molar-refractivity contribution in [1.82, 2.24) is 4.98 Å². The Labute approximate surface area is 86.8 Å². The smallest absolute Gasteiger partial charge is 0.131 e. The fourth-order valence-corrected chi connectivity index (χ4v) is 1.35. The summed E-state index contributed by atoms with van der Waals surface area (Å²) in [7, 11) is 0. The van der Waals surface area contributed by atoms with E-state index in [4.69, 9.17) is 28.3 Å². The number of hydrogen-bond donors (Lipinski definition) is 1. The highest BCUT2D eigenvalue weighted by Crippen LogP contribution is 2.15. The van der Waals surface area contributed by atoms with Crippen molar-refractivity contribution < 1.29 is 5.11 Å². The lowest BCUT2D eigenvalue weighted by Crippen LogP contribution is -1.80. The van der Waals surface area contributed by atoms with E-state index < -0.39 is 0 Å². The summed E-state index contributed by atoms with van der Waals surface area (Å²) < 4.78 is 0. The predicted octanol–water partition coefficient (Wildman–Crippen LogP) is 2.78. The van der Waals surface area contributed by atoms with Crippen LogP contribution >= 0.6 is 23.2 Å². The zero-order chi connectivity index (χ0) is 9.68. The van der Waals surface area contributed by atoms with Gasteiger partial charge in [0.05, 0.1) is 0 Å². The minimum atomic E-state index is 0.142. The molecule has 0 radical (unpaired) electrons. The minimum absolute atomic E-state index is 0.142. The third-order valence-electron chi connectivity index (χ3n) is 1.39. The number of halogens is 2. The van der Waals surface area contributed by atoms with Gasteiger partial charge in [0.15, 0.2) is 0 Å². The molecule has 13 heavy (non-hydrogen) atoms. The van der Waals surface area contributed by atoms with Gasteiger partial charge < -0.3 is 5.11 Å². The lowest BCUT2D eigenvalue weighted by atomic mass is 10.2. The minimum Gasteiger partial charge on any atom is -0.396 e. The summed E-state index contributed by atoms with van der Waals surface area (Å²) >= 11 is 11.4. The molecule has 0 spiro atoms. The zero-order valence-electron chi connectivity index (χ0n) is 6.87. The summed E-state index contributed by atoms with van der Waals surface area (Å²) in [5.41, 5.74) is 0.887. The van der Waals surface area contributed by atoms with Gasteiger partial charge in [-0.1, -0.05) is 35.4 Å². The highest BCUT2D eigenvalue weighted by atomic mass is 35.5. The standard InChI is InChI=1S/C9H9Cl2NO/c10-8-5-7(3-1-2-4-13)6-9(11)12-8/h1,3,5-6,13H,2,4H2. The molecule has 1 aromatic rings. The molecule has 0 aliphatic rings. The summed E-state index contributed by atoms with van der Waals surface area (Å²) in [5, 5.41) is 9.28. The van der Waals surface area contributed by atoms with Gasteiger partial charge in [-0.05, 0) is 24.1 Å². The molecule has 0 saturated heterocycles. The quantitative estimate of drug-likeness (QED) is 0.791. The maximum absolute atomic E-state index is 8.54. The average molecular weight is 218 g/mol. The molecule has 2 nitrogen and oxygen atoms in total. The van der Waals surface area contributed by atoms with Gasteiger partial charge in [-0.15, -0.1) is 0 Å². The number of nitrogens with zero attached hydrogens (tertiary/aromatic N) is 1. The van der Waals surface area contributed by atoms with Crippen molar-refractivity contribution in [3.63, 3.8) is 0 Å². The van der Waals surface area contributed by atoms with Gasteiger partial charge in [0, 0.05) is 6.61 Å². The van der Waals surface area contributed by atoms with E-state index in [1.807, 2.05) is 12.2 Å². The Morgan fingerprint density at radius 3 is 2.46 bits per heavy atom. The summed E-state index contributed by atoms with van der Waals surface area (Å²) in [5.74, 6) is 0. The summed E-state index contributed by atoms with van der Waals surface area (Å²) in [6.45, 7) is 0.142. The van der Waals surface area contributed by atoms with Gasteiger partial charge in [0.25, 0.3) is 0 Å². The van der Waals surface area contributed by atoms with Gasteiger partial charge in [-0.3, -0.25) is 0 Å². The Hall–Kier alpha value is -0.570. The number of aromatic nitrogens is 1. The first-order chi connectivity index (χ1) is 6.22. The van der Waals surface area contributed by atoms with E-state index in [-0.39, 0.29) is 6.61 Å². The lowest BCUT2D eigenvalue weighted by molar-refractivity contribution is 0.303. The Kier molecular flexibility index (Phi) is 4.22. The zero-order valence-corrected chi connectivity index (χ0v) is 8.39. The first kappa shape index (κ1) is 10.5. The predicted molar refractivity (Wildman–Crippen MR) is 55.0 cm³/mol. The highest BCUT2D eigenvalue weighted by molar-refractivity contribution is 6.32. The lowest BCUT2D eigenvalue weighted by Gasteiger charge is -1.95. The van der Waals surface area contributed by atoms with Crippen molar-refractivity contribution in [2.24, 2.45) is 0 Å². The molecule has 0 aliphatic heterocycles. The monoisotopic (exact) mass is 217 g/mol. The third-order valence-corrected chi connectivity index (χ3v) is 1.78. The van der Waals surface area contributed by atoms with Crippen LogP contribution in [0.2, 0.25) is 10.3 Å². The van der Waals surface area contributed by atoms with E-state index in [9.17, 15) is 0 Å². The van der Waals surface area contributed by atoms with Gasteiger partial charge >= 0.3 is 0 Å². The SMILES string of the molecule is OCCC=Cc1cc(Cl)nc(Cl)c1. The van der Waals surface area contributed by atoms with Gasteiger partial charge in [0.1, 0.15) is 10.3 Å². The summed E-state index contributed by atoms with van der Waals surface area (Å²) in [6.07, 6.45) is 4.31. The molecule has 70 valence electrons. The third kappa shape index (κ3) is 3.77. The maximum atomic E-state index is 8.54. The molecule has 0 atom stereocenters. The van der Waals surface area contributed by atoms with Crippen LogP contribution in [0.3, 0.4) is 0 Å². The molecule has 1 rings (SSSR count). The average Bonchev–Trinajstić information content (AvgIpc) is 2.03. The van der Waals surface area contributed by atoms with E-state index in [1.165, 1.54) is 0 Å². The van der Waals surface area contributed by atoms with Crippen LogP contribution in [0.15, 0.2) is 18.2 Å². The first-order valence-corrected chi connectivity index (χ1v) is 4.58. The van der Waals surface area contributed by atoms with Crippen molar-refractivity contribution in [1.29, 1.82) is 0 Å². The van der Waals surface area contributed by atoms with Crippen molar-refractivity contribution >= 4 is 29.3 Å². The molecular weight excluding hydrogens is 209 g/mol. The van der Waals surface area contributed by atoms with E-state index in [0.29, 0.717) is 16.7 Å². The van der Waals surface area contributed by atoms with Crippen molar-refractivity contribution in [2.75, 3.05) is 6.61 Å². The van der Waals surface area contributed by atoms with Gasteiger partial charge in [0.2, 0.25) is 0 Å². The number of hydrogen-bond acceptors (Lipinski definition) is 2. The number of rotatable bonds is 3. The van der Waals surface area contributed by atoms with Gasteiger partial charge in [-0.25, -0.2) is 4.98 Å². The van der Waals surface area contributed by atoms with Crippen molar-refractivity contribution in [3.8, 4) is 0 Å². The van der Waals surface area contributed by atoms with E-state index in [0.717, 1.165) is 5.56 Å². The second-order valence-electron chi connectivity index (χ2n) is 2.46. The number of pyridine rings is 1. The van der Waals surface area contributed by atoms with E-state index >= 15 is 0 Å². The highest BCUT2D eigenvalue weighted by Gasteiger charge is 1.95. The Morgan fingerprint density at radius 1 is 1.31 bits per heavy atom. The molecule has 1 aromatic heterocycles. The van der Waals surface area contributed by atoms with Crippen LogP contribution in [0.5, 0.6) is 0 Å². The molecule has 4 heteroatoms. The van der Waals surface area contributed by atoms with Crippen LogP contribution in [0.25, 0.3) is 6.08 Å². The Balaban J connectivity index is 2.77. The van der Waals surface area contributed by atoms with E-state index in [2.05, 4.69) is 4.98 Å². The molecule has 0 saturated carbocycles. The van der Waals surface area contributed by atoms with Crippen LogP contribution in [0, 0.1) is 0 Å². The van der Waals surface area contributed by atoms with Crippen molar-refractivity contribution in [3.05, 3.63) is 34.1 Å². The molecule has 1 heterocycles. The van der Waals surface area contributed by atoms with Gasteiger partial charge in [-0.2, -0.15) is 0 Å². The van der Waals surface area contributed by atoms with Crippen LogP contribution in [0.4, 0.5) is 0 Å². The fraction of sp³-hybridized carbons (Fsp3) is 0.222. The second kappa shape index (κ2) is 5.22. The molecule has 0 aliphatic carbocycles. The molecular formula is C9H9Cl2NO. The van der Waals surface area contributed by atoms with Crippen LogP contribution in [-0.4, -0.2) is 16.7 Å². The fourth-order valence-electron chi connectivity index (χ4n) is 0.873. The number of aliphatic hydroxyl groups is 1. The summed E-state index contributed by atoms with van der Waals surface area (Å²) in [4.78, 5) is 3.81. The Bertz CT molecular complexity index is 292. The van der Waals surface area contributed by atoms with E-state index in [1.54, 1.807) is 12.1 Å². The first-order valence-electron chi connectivity index (χ1n) is 3.83. The summed E-state index contributed by atoms with van der Waals surface area (Å²) in [6, 6.07) is 3.42. The number of aliphatic hydroxyl groups excluding tert-OH is 1. The molecule has 0 aromatic carbocycles. The Morgan fingerprint density at radius 2 is 1.92 bits per heavy atom. The topological polar surface area (TPSA) is 33.1 Å². The molecule has 0 bridgehead atoms. The molecule has 0 unspecified atom stereocenters. The second-order valence-corrected chi connectivity index (χ2v) is 3.24. The van der Waals surface area contributed by atoms with Crippen molar-refractivity contribution in [2.45, 2.75) is 6.42 Å². The largest absolute Gasteiger partial charge is 0.396 e.